The molecule has 0 unspecified atom stereocenters. The minimum absolute atomic E-state index is 0.108. The summed E-state index contributed by atoms with van der Waals surface area (Å²) in [4.78, 5) is 23.6. The van der Waals surface area contributed by atoms with E-state index in [4.69, 9.17) is 9.47 Å². The van der Waals surface area contributed by atoms with Crippen LogP contribution in [0, 0.1) is 5.82 Å². The van der Waals surface area contributed by atoms with Crippen LogP contribution in [0.3, 0.4) is 0 Å². The lowest BCUT2D eigenvalue weighted by Crippen LogP contribution is -2.44. The van der Waals surface area contributed by atoms with Gasteiger partial charge in [-0.25, -0.2) is 9.18 Å². The van der Waals surface area contributed by atoms with E-state index < -0.39 is 23.7 Å². The molecule has 0 aliphatic carbocycles. The van der Waals surface area contributed by atoms with Crippen molar-refractivity contribution in [2.45, 2.75) is 19.1 Å². The average molecular weight is 423 g/mol. The zero-order chi connectivity index (χ0) is 22.1. The monoisotopic (exact) mass is 423 g/mol. The molecule has 0 radical (unpaired) electrons. The molecular formula is C24H22FNO5. The van der Waals surface area contributed by atoms with Gasteiger partial charge in [0, 0.05) is 6.42 Å². The highest BCUT2D eigenvalue weighted by Crippen LogP contribution is 2.16. The highest BCUT2D eigenvalue weighted by Gasteiger charge is 2.20. The fourth-order valence-electron chi connectivity index (χ4n) is 2.81. The van der Waals surface area contributed by atoms with E-state index in [9.17, 15) is 19.1 Å². The number of carboxylic acid groups (broad SMARTS) is 1. The van der Waals surface area contributed by atoms with E-state index in [1.54, 1.807) is 24.3 Å². The SMILES string of the molecule is O=C(COc1ccc(F)cc1)N[C@@H](Cc1ccc(OCc2ccccc2)cc1)C(=O)O. The lowest BCUT2D eigenvalue weighted by Gasteiger charge is -2.15. The van der Waals surface area contributed by atoms with Crippen LogP contribution in [0.15, 0.2) is 78.9 Å². The summed E-state index contributed by atoms with van der Waals surface area (Å²) in [5.74, 6) is -1.18. The molecule has 3 aromatic rings. The van der Waals surface area contributed by atoms with Crippen molar-refractivity contribution in [2.24, 2.45) is 0 Å². The van der Waals surface area contributed by atoms with Crippen molar-refractivity contribution in [2.75, 3.05) is 6.61 Å². The smallest absolute Gasteiger partial charge is 0.326 e. The van der Waals surface area contributed by atoms with Crippen LogP contribution in [-0.2, 0) is 22.6 Å². The molecule has 7 heteroatoms. The second kappa shape index (κ2) is 10.8. The van der Waals surface area contributed by atoms with Crippen molar-refractivity contribution in [1.29, 1.82) is 0 Å². The molecule has 1 atom stereocenters. The van der Waals surface area contributed by atoms with Gasteiger partial charge in [-0.2, -0.15) is 0 Å². The number of rotatable bonds is 10. The Hall–Kier alpha value is -3.87. The van der Waals surface area contributed by atoms with E-state index in [2.05, 4.69) is 5.32 Å². The maximum Gasteiger partial charge on any atom is 0.326 e. The van der Waals surface area contributed by atoms with Crippen LogP contribution in [0.4, 0.5) is 4.39 Å². The highest BCUT2D eigenvalue weighted by atomic mass is 19.1. The summed E-state index contributed by atoms with van der Waals surface area (Å²) in [5, 5.41) is 11.9. The van der Waals surface area contributed by atoms with Gasteiger partial charge in [-0.1, -0.05) is 42.5 Å². The molecule has 0 saturated heterocycles. The maximum atomic E-state index is 12.9. The number of amides is 1. The average Bonchev–Trinajstić information content (AvgIpc) is 2.78. The minimum atomic E-state index is -1.15. The Morgan fingerprint density at radius 1 is 0.839 bits per heavy atom. The van der Waals surface area contributed by atoms with Crippen molar-refractivity contribution in [1.82, 2.24) is 5.32 Å². The Labute approximate surface area is 179 Å². The van der Waals surface area contributed by atoms with Crippen molar-refractivity contribution >= 4 is 11.9 Å². The van der Waals surface area contributed by atoms with Crippen LogP contribution in [-0.4, -0.2) is 29.6 Å². The van der Waals surface area contributed by atoms with E-state index in [0.717, 1.165) is 11.1 Å². The van der Waals surface area contributed by atoms with Crippen LogP contribution in [0.1, 0.15) is 11.1 Å². The zero-order valence-corrected chi connectivity index (χ0v) is 16.7. The molecule has 6 nitrogen and oxygen atoms in total. The molecule has 0 heterocycles. The first-order chi connectivity index (χ1) is 15.0. The number of ether oxygens (including phenoxy) is 2. The van der Waals surface area contributed by atoms with E-state index in [1.165, 1.54) is 24.3 Å². The first-order valence-corrected chi connectivity index (χ1v) is 9.66. The molecule has 3 aromatic carbocycles. The first kappa shape index (κ1) is 21.8. The number of hydrogen-bond donors (Lipinski definition) is 2. The lowest BCUT2D eigenvalue weighted by molar-refractivity contribution is -0.142. The van der Waals surface area contributed by atoms with Gasteiger partial charge in [-0.05, 0) is 47.5 Å². The number of aliphatic carboxylic acids is 1. The van der Waals surface area contributed by atoms with E-state index >= 15 is 0 Å². The van der Waals surface area contributed by atoms with Crippen LogP contribution in [0.2, 0.25) is 0 Å². The number of carboxylic acids is 1. The molecule has 1 amide bonds. The standard InChI is InChI=1S/C24H22FNO5/c25-19-8-12-21(13-9-19)31-16-23(27)26-22(24(28)29)14-17-6-10-20(11-7-17)30-15-18-4-2-1-3-5-18/h1-13,22H,14-16H2,(H,26,27)(H,28,29)/t22-/m0/s1. The van der Waals surface area contributed by atoms with Crippen molar-refractivity contribution in [3.8, 4) is 11.5 Å². The third-order valence-electron chi connectivity index (χ3n) is 4.43. The maximum absolute atomic E-state index is 12.9. The van der Waals surface area contributed by atoms with Gasteiger partial charge >= 0.3 is 5.97 Å². The predicted molar refractivity (Wildman–Crippen MR) is 112 cm³/mol. The van der Waals surface area contributed by atoms with Gasteiger partial charge in [0.05, 0.1) is 0 Å². The van der Waals surface area contributed by atoms with Gasteiger partial charge in [0.2, 0.25) is 0 Å². The number of benzene rings is 3. The van der Waals surface area contributed by atoms with E-state index in [1.807, 2.05) is 30.3 Å². The van der Waals surface area contributed by atoms with Crippen molar-refractivity contribution in [3.05, 3.63) is 95.8 Å². The Balaban J connectivity index is 1.50. The fraction of sp³-hybridized carbons (Fsp3) is 0.167. The van der Waals surface area contributed by atoms with Gasteiger partial charge in [0.1, 0.15) is 30.0 Å². The Morgan fingerprint density at radius 2 is 1.45 bits per heavy atom. The molecular weight excluding hydrogens is 401 g/mol. The minimum Gasteiger partial charge on any atom is -0.489 e. The molecule has 0 saturated carbocycles. The Bertz CT molecular complexity index is 991. The van der Waals surface area contributed by atoms with Gasteiger partial charge in [-0.15, -0.1) is 0 Å². The summed E-state index contributed by atoms with van der Waals surface area (Å²) in [6.45, 7) is 0.0593. The second-order valence-electron chi connectivity index (χ2n) is 6.82. The summed E-state index contributed by atoms with van der Waals surface area (Å²) in [7, 11) is 0. The zero-order valence-electron chi connectivity index (χ0n) is 16.7. The van der Waals surface area contributed by atoms with Crippen molar-refractivity contribution in [3.63, 3.8) is 0 Å². The summed E-state index contributed by atoms with van der Waals surface area (Å²) in [6.07, 6.45) is 0.108. The van der Waals surface area contributed by atoms with E-state index in [-0.39, 0.29) is 13.0 Å². The van der Waals surface area contributed by atoms with Gasteiger partial charge in [0.25, 0.3) is 5.91 Å². The van der Waals surface area contributed by atoms with Crippen LogP contribution in [0.25, 0.3) is 0 Å². The van der Waals surface area contributed by atoms with Crippen LogP contribution in [0.5, 0.6) is 11.5 Å². The third-order valence-corrected chi connectivity index (χ3v) is 4.43. The molecule has 0 aromatic heterocycles. The molecule has 2 N–H and O–H groups in total. The van der Waals surface area contributed by atoms with Crippen LogP contribution < -0.4 is 14.8 Å². The highest BCUT2D eigenvalue weighted by molar-refractivity contribution is 5.84. The van der Waals surface area contributed by atoms with Gasteiger partial charge in [-0.3, -0.25) is 4.79 Å². The Morgan fingerprint density at radius 3 is 2.10 bits per heavy atom. The molecule has 0 fully saturated rings. The Kier molecular flexibility index (Phi) is 7.59. The normalized spacial score (nSPS) is 11.4. The summed E-state index contributed by atoms with van der Waals surface area (Å²) in [6, 6.07) is 20.9. The number of hydrogen-bond acceptors (Lipinski definition) is 4. The fourth-order valence-corrected chi connectivity index (χ4v) is 2.81. The molecule has 3 rings (SSSR count). The number of carbonyl (C=O) groups excluding carboxylic acids is 1. The second-order valence-corrected chi connectivity index (χ2v) is 6.82. The van der Waals surface area contributed by atoms with Gasteiger partial charge < -0.3 is 19.9 Å². The summed E-state index contributed by atoms with van der Waals surface area (Å²) in [5.41, 5.74) is 1.78. The lowest BCUT2D eigenvalue weighted by atomic mass is 10.1. The third kappa shape index (κ3) is 7.15. The van der Waals surface area contributed by atoms with E-state index in [0.29, 0.717) is 18.1 Å². The first-order valence-electron chi connectivity index (χ1n) is 9.66. The predicted octanol–water partition coefficient (Wildman–Crippen LogP) is 3.60. The molecule has 0 bridgehead atoms. The van der Waals surface area contributed by atoms with Gasteiger partial charge in [0.15, 0.2) is 6.61 Å². The largest absolute Gasteiger partial charge is 0.489 e. The number of nitrogens with one attached hydrogen (secondary N) is 1. The van der Waals surface area contributed by atoms with Crippen molar-refractivity contribution < 1.29 is 28.6 Å². The topological polar surface area (TPSA) is 84.9 Å². The number of halogens is 1. The summed E-state index contributed by atoms with van der Waals surface area (Å²) >= 11 is 0. The molecule has 0 spiro atoms. The summed E-state index contributed by atoms with van der Waals surface area (Å²) < 4.78 is 23.9. The molecule has 160 valence electrons. The molecule has 31 heavy (non-hydrogen) atoms. The quantitative estimate of drug-likeness (QED) is 0.521. The molecule has 0 aliphatic heterocycles. The molecule has 0 aliphatic rings. The number of carbonyl (C=O) groups is 2. The van der Waals surface area contributed by atoms with Crippen LogP contribution >= 0.6 is 0 Å².